The number of hydrogen-bond acceptors (Lipinski definition) is 5. The van der Waals surface area contributed by atoms with Crippen LogP contribution in [0.4, 0.5) is 10.1 Å². The van der Waals surface area contributed by atoms with Crippen molar-refractivity contribution < 1.29 is 18.7 Å². The van der Waals surface area contributed by atoms with Crippen molar-refractivity contribution >= 4 is 17.7 Å². The second-order valence-corrected chi connectivity index (χ2v) is 7.68. The second-order valence-electron chi connectivity index (χ2n) is 7.68. The fraction of sp³-hybridized carbons (Fsp3) is 0.231. The Labute approximate surface area is 192 Å². The molecular weight excluding hydrogens is 421 g/mol. The van der Waals surface area contributed by atoms with Crippen LogP contribution in [-0.4, -0.2) is 48.6 Å². The predicted molar refractivity (Wildman–Crippen MR) is 126 cm³/mol. The van der Waals surface area contributed by atoms with Crippen molar-refractivity contribution in [2.24, 2.45) is 0 Å². The summed E-state index contributed by atoms with van der Waals surface area (Å²) < 4.78 is 24.5. The Hall–Kier alpha value is -3.55. The van der Waals surface area contributed by atoms with Gasteiger partial charge in [-0.05, 0) is 47.5 Å². The molecule has 0 aliphatic carbocycles. The van der Waals surface area contributed by atoms with Crippen molar-refractivity contribution in [3.05, 3.63) is 95.6 Å². The van der Waals surface area contributed by atoms with Gasteiger partial charge in [0.25, 0.3) is 5.91 Å². The molecule has 0 radical (unpaired) electrons. The molecule has 2 heterocycles. The Morgan fingerprint density at radius 3 is 2.73 bits per heavy atom. The van der Waals surface area contributed by atoms with E-state index in [-0.39, 0.29) is 18.3 Å². The maximum atomic E-state index is 13.2. The van der Waals surface area contributed by atoms with E-state index in [0.29, 0.717) is 17.0 Å². The lowest BCUT2D eigenvalue weighted by molar-refractivity contribution is 0.0435. The first-order chi connectivity index (χ1) is 16.2. The van der Waals surface area contributed by atoms with E-state index in [1.165, 1.54) is 12.1 Å². The van der Waals surface area contributed by atoms with Crippen molar-refractivity contribution in [2.75, 3.05) is 38.2 Å². The molecule has 1 N–H and O–H groups in total. The Morgan fingerprint density at radius 1 is 1.15 bits per heavy atom. The standard InChI is InChI=1S/C26H26FN3O3/c27-22-8-5-21(6-9-22)19-33-25-10-7-20(3-2-12-30-13-15-32-16-14-30)17-24(25)26(31)29-23-4-1-11-28-18-23/h1-11,17-18H,12-16,19H2,(H,29,31)/b3-2-. The fourth-order valence-electron chi connectivity index (χ4n) is 3.45. The van der Waals surface area contributed by atoms with Crippen LogP contribution < -0.4 is 10.1 Å². The lowest BCUT2D eigenvalue weighted by Gasteiger charge is -2.25. The zero-order chi connectivity index (χ0) is 22.9. The van der Waals surface area contributed by atoms with Crippen LogP contribution in [0.1, 0.15) is 21.5 Å². The van der Waals surface area contributed by atoms with Gasteiger partial charge in [-0.3, -0.25) is 14.7 Å². The molecule has 1 fully saturated rings. The Kier molecular flexibility index (Phi) is 7.79. The van der Waals surface area contributed by atoms with Gasteiger partial charge in [0, 0.05) is 25.8 Å². The van der Waals surface area contributed by atoms with Crippen LogP contribution >= 0.6 is 0 Å². The third-order valence-electron chi connectivity index (χ3n) is 5.25. The zero-order valence-corrected chi connectivity index (χ0v) is 18.2. The van der Waals surface area contributed by atoms with Gasteiger partial charge in [-0.1, -0.05) is 30.4 Å². The third-order valence-corrected chi connectivity index (χ3v) is 5.25. The van der Waals surface area contributed by atoms with Gasteiger partial charge in [0.05, 0.1) is 30.7 Å². The summed E-state index contributed by atoms with van der Waals surface area (Å²) in [5.41, 5.74) is 2.72. The Balaban J connectivity index is 1.50. The van der Waals surface area contributed by atoms with E-state index in [4.69, 9.17) is 9.47 Å². The van der Waals surface area contributed by atoms with Crippen LogP contribution in [0, 0.1) is 5.82 Å². The Morgan fingerprint density at radius 2 is 1.97 bits per heavy atom. The average molecular weight is 448 g/mol. The minimum atomic E-state index is -0.302. The number of benzene rings is 2. The molecule has 0 atom stereocenters. The number of carbonyl (C=O) groups excluding carboxylic acids is 1. The summed E-state index contributed by atoms with van der Waals surface area (Å²) in [5.74, 6) is -0.143. The number of pyridine rings is 1. The number of nitrogens with zero attached hydrogens (tertiary/aromatic N) is 2. The molecule has 1 saturated heterocycles. The zero-order valence-electron chi connectivity index (χ0n) is 18.2. The normalized spacial score (nSPS) is 14.3. The van der Waals surface area contributed by atoms with Crippen molar-refractivity contribution in [3.63, 3.8) is 0 Å². The largest absolute Gasteiger partial charge is 0.488 e. The highest BCUT2D eigenvalue weighted by atomic mass is 19.1. The quantitative estimate of drug-likeness (QED) is 0.555. The minimum absolute atomic E-state index is 0.222. The molecule has 7 heteroatoms. The molecule has 4 rings (SSSR count). The fourth-order valence-corrected chi connectivity index (χ4v) is 3.45. The number of nitrogens with one attached hydrogen (secondary N) is 1. The van der Waals surface area contributed by atoms with Crippen molar-refractivity contribution in [2.45, 2.75) is 6.61 Å². The first-order valence-corrected chi connectivity index (χ1v) is 10.9. The molecule has 170 valence electrons. The lowest BCUT2D eigenvalue weighted by atomic mass is 10.1. The first-order valence-electron chi connectivity index (χ1n) is 10.9. The van der Waals surface area contributed by atoms with Gasteiger partial charge in [0.2, 0.25) is 0 Å². The maximum Gasteiger partial charge on any atom is 0.259 e. The topological polar surface area (TPSA) is 63.7 Å². The van der Waals surface area contributed by atoms with Gasteiger partial charge in [-0.2, -0.15) is 0 Å². The number of anilines is 1. The summed E-state index contributed by atoms with van der Waals surface area (Å²) in [7, 11) is 0. The number of morpholine rings is 1. The third kappa shape index (κ3) is 6.71. The maximum absolute atomic E-state index is 13.2. The van der Waals surface area contributed by atoms with Gasteiger partial charge in [-0.25, -0.2) is 4.39 Å². The SMILES string of the molecule is O=C(Nc1cccnc1)c1cc(/C=C\CN2CCOCC2)ccc1OCc1ccc(F)cc1. The molecule has 1 aliphatic heterocycles. The number of amides is 1. The van der Waals surface area contributed by atoms with Gasteiger partial charge >= 0.3 is 0 Å². The molecule has 0 spiro atoms. The van der Waals surface area contributed by atoms with E-state index in [9.17, 15) is 9.18 Å². The number of carbonyl (C=O) groups is 1. The van der Waals surface area contributed by atoms with Crippen LogP contribution in [0.5, 0.6) is 5.75 Å². The molecule has 1 aliphatic rings. The molecule has 2 aromatic carbocycles. The van der Waals surface area contributed by atoms with E-state index >= 15 is 0 Å². The highest BCUT2D eigenvalue weighted by Gasteiger charge is 2.14. The number of hydrogen-bond donors (Lipinski definition) is 1. The second kappa shape index (κ2) is 11.4. The minimum Gasteiger partial charge on any atom is -0.488 e. The van der Waals surface area contributed by atoms with Gasteiger partial charge in [0.1, 0.15) is 18.2 Å². The van der Waals surface area contributed by atoms with Crippen LogP contribution in [0.25, 0.3) is 6.08 Å². The molecule has 0 saturated carbocycles. The Bertz CT molecular complexity index is 1080. The van der Waals surface area contributed by atoms with E-state index in [0.717, 1.165) is 44.0 Å². The molecular formula is C26H26FN3O3. The molecule has 0 bridgehead atoms. The smallest absolute Gasteiger partial charge is 0.259 e. The number of ether oxygens (including phenoxy) is 2. The van der Waals surface area contributed by atoms with Crippen molar-refractivity contribution in [3.8, 4) is 5.75 Å². The van der Waals surface area contributed by atoms with Gasteiger partial charge in [-0.15, -0.1) is 0 Å². The molecule has 6 nitrogen and oxygen atoms in total. The van der Waals surface area contributed by atoms with Crippen LogP contribution in [-0.2, 0) is 11.3 Å². The van der Waals surface area contributed by atoms with E-state index in [1.54, 1.807) is 42.7 Å². The molecule has 1 amide bonds. The highest BCUT2D eigenvalue weighted by Crippen LogP contribution is 2.24. The number of halogens is 1. The summed E-state index contributed by atoms with van der Waals surface area (Å²) >= 11 is 0. The van der Waals surface area contributed by atoms with E-state index < -0.39 is 0 Å². The number of rotatable bonds is 8. The summed E-state index contributed by atoms with van der Waals surface area (Å²) in [4.78, 5) is 19.4. The molecule has 0 unspecified atom stereocenters. The van der Waals surface area contributed by atoms with E-state index in [2.05, 4.69) is 21.3 Å². The first kappa shape index (κ1) is 22.6. The lowest BCUT2D eigenvalue weighted by Crippen LogP contribution is -2.36. The van der Waals surface area contributed by atoms with Crippen molar-refractivity contribution in [1.82, 2.24) is 9.88 Å². The monoisotopic (exact) mass is 447 g/mol. The predicted octanol–water partition coefficient (Wildman–Crippen LogP) is 4.40. The highest BCUT2D eigenvalue weighted by molar-refractivity contribution is 6.06. The number of aromatic nitrogens is 1. The van der Waals surface area contributed by atoms with Gasteiger partial charge < -0.3 is 14.8 Å². The van der Waals surface area contributed by atoms with Crippen LogP contribution in [0.15, 0.2) is 73.1 Å². The summed E-state index contributed by atoms with van der Waals surface area (Å²) in [6, 6.07) is 15.1. The summed E-state index contributed by atoms with van der Waals surface area (Å²) in [5, 5.41) is 2.86. The van der Waals surface area contributed by atoms with Gasteiger partial charge in [0.15, 0.2) is 0 Å². The summed E-state index contributed by atoms with van der Waals surface area (Å²) in [6.07, 6.45) is 7.32. The molecule has 1 aromatic heterocycles. The van der Waals surface area contributed by atoms with Crippen LogP contribution in [0.3, 0.4) is 0 Å². The summed E-state index contributed by atoms with van der Waals surface area (Å²) in [6.45, 7) is 4.39. The van der Waals surface area contributed by atoms with Crippen molar-refractivity contribution in [1.29, 1.82) is 0 Å². The van der Waals surface area contributed by atoms with Crippen LogP contribution in [0.2, 0.25) is 0 Å². The molecule has 3 aromatic rings. The average Bonchev–Trinajstić information content (AvgIpc) is 2.85. The van der Waals surface area contributed by atoms with E-state index in [1.807, 2.05) is 18.2 Å². The molecule has 33 heavy (non-hydrogen) atoms.